The molecule has 0 heterocycles. The van der Waals surface area contributed by atoms with E-state index < -0.39 is 5.82 Å². The highest BCUT2D eigenvalue weighted by atomic mass is 35.5. The van der Waals surface area contributed by atoms with E-state index >= 15 is 0 Å². The largest absolute Gasteiger partial charge is 0.398 e. The smallest absolute Gasteiger partial charge is 0.169 e. The summed E-state index contributed by atoms with van der Waals surface area (Å²) in [7, 11) is 0. The van der Waals surface area contributed by atoms with Gasteiger partial charge >= 0.3 is 0 Å². The van der Waals surface area contributed by atoms with Gasteiger partial charge in [0.15, 0.2) is 5.78 Å². The fourth-order valence-electron chi connectivity index (χ4n) is 1.72. The number of Topliss-reactive ketones (excluding diaryl/α,β-unsaturated/α-hetero) is 1. The van der Waals surface area contributed by atoms with Gasteiger partial charge in [-0.05, 0) is 35.9 Å². The van der Waals surface area contributed by atoms with Crippen molar-refractivity contribution in [2.75, 3.05) is 5.73 Å². The maximum absolute atomic E-state index is 13.3. The number of anilines is 1. The summed E-state index contributed by atoms with van der Waals surface area (Å²) in [6.45, 7) is 0. The first-order valence-electron chi connectivity index (χ1n) is 5.49. The fourth-order valence-corrected chi connectivity index (χ4v) is 2.02. The number of rotatable bonds is 3. The SMILES string of the molecule is Nc1cc(Cl)ccc1C(=O)Cc1ccc(Cl)c(F)c1. The molecule has 0 fully saturated rings. The lowest BCUT2D eigenvalue weighted by Crippen LogP contribution is -2.07. The Morgan fingerprint density at radius 3 is 2.53 bits per heavy atom. The third-order valence-electron chi connectivity index (χ3n) is 2.66. The zero-order valence-corrected chi connectivity index (χ0v) is 11.3. The van der Waals surface area contributed by atoms with E-state index in [9.17, 15) is 9.18 Å². The second kappa shape index (κ2) is 5.59. The second-order valence-electron chi connectivity index (χ2n) is 4.08. The number of halogens is 3. The van der Waals surface area contributed by atoms with Crippen molar-refractivity contribution in [3.63, 3.8) is 0 Å². The first-order chi connectivity index (χ1) is 8.97. The molecule has 19 heavy (non-hydrogen) atoms. The van der Waals surface area contributed by atoms with Crippen molar-refractivity contribution in [3.05, 3.63) is 63.4 Å². The molecule has 2 rings (SSSR count). The highest BCUT2D eigenvalue weighted by Crippen LogP contribution is 2.21. The fraction of sp³-hybridized carbons (Fsp3) is 0.0714. The molecule has 2 nitrogen and oxygen atoms in total. The zero-order chi connectivity index (χ0) is 14.0. The summed E-state index contributed by atoms with van der Waals surface area (Å²) < 4.78 is 13.3. The van der Waals surface area contributed by atoms with Gasteiger partial charge in [-0.3, -0.25) is 4.79 Å². The Hall–Kier alpha value is -1.58. The van der Waals surface area contributed by atoms with Crippen LogP contribution in [-0.4, -0.2) is 5.78 Å². The zero-order valence-electron chi connectivity index (χ0n) is 9.79. The van der Waals surface area contributed by atoms with E-state index in [2.05, 4.69) is 0 Å². The number of nitrogen functional groups attached to an aromatic ring is 1. The molecule has 0 bridgehead atoms. The van der Waals surface area contributed by atoms with Gasteiger partial charge in [-0.2, -0.15) is 0 Å². The lowest BCUT2D eigenvalue weighted by molar-refractivity contribution is 0.0994. The van der Waals surface area contributed by atoms with Crippen molar-refractivity contribution in [1.29, 1.82) is 0 Å². The summed E-state index contributed by atoms with van der Waals surface area (Å²) in [6, 6.07) is 8.93. The third-order valence-corrected chi connectivity index (χ3v) is 3.20. The second-order valence-corrected chi connectivity index (χ2v) is 4.92. The Labute approximate surface area is 119 Å². The molecule has 0 amide bonds. The highest BCUT2D eigenvalue weighted by Gasteiger charge is 2.12. The van der Waals surface area contributed by atoms with E-state index in [4.69, 9.17) is 28.9 Å². The molecule has 0 atom stereocenters. The van der Waals surface area contributed by atoms with Gasteiger partial charge in [0.2, 0.25) is 0 Å². The van der Waals surface area contributed by atoms with Gasteiger partial charge in [0.1, 0.15) is 5.82 Å². The molecular weight excluding hydrogens is 288 g/mol. The lowest BCUT2D eigenvalue weighted by atomic mass is 10.0. The van der Waals surface area contributed by atoms with Crippen LogP contribution in [0.5, 0.6) is 0 Å². The molecule has 0 aliphatic rings. The van der Waals surface area contributed by atoms with E-state index in [1.165, 1.54) is 18.2 Å². The maximum Gasteiger partial charge on any atom is 0.169 e. The minimum atomic E-state index is -0.545. The first kappa shape index (κ1) is 13.8. The third kappa shape index (κ3) is 3.25. The molecule has 0 radical (unpaired) electrons. The minimum absolute atomic E-state index is 0.0298. The van der Waals surface area contributed by atoms with Crippen LogP contribution < -0.4 is 5.73 Å². The van der Waals surface area contributed by atoms with Crippen LogP contribution in [0.25, 0.3) is 0 Å². The van der Waals surface area contributed by atoms with E-state index in [0.29, 0.717) is 21.8 Å². The Balaban J connectivity index is 2.23. The standard InChI is InChI=1S/C14H10Cl2FNO/c15-9-2-3-10(13(18)7-9)14(19)6-8-1-4-11(16)12(17)5-8/h1-5,7H,6,18H2. The summed E-state index contributed by atoms with van der Waals surface area (Å²) in [5.74, 6) is -0.744. The average Bonchev–Trinajstić information content (AvgIpc) is 2.33. The molecule has 0 aliphatic carbocycles. The van der Waals surface area contributed by atoms with Crippen LogP contribution in [0.2, 0.25) is 10.0 Å². The summed E-state index contributed by atoms with van der Waals surface area (Å²) in [6.07, 6.45) is 0.0555. The predicted octanol–water partition coefficient (Wildman–Crippen LogP) is 4.14. The van der Waals surface area contributed by atoms with Crippen molar-refractivity contribution in [2.45, 2.75) is 6.42 Å². The van der Waals surface area contributed by atoms with Gasteiger partial charge in [-0.1, -0.05) is 29.3 Å². The van der Waals surface area contributed by atoms with Gasteiger partial charge in [-0.25, -0.2) is 4.39 Å². The first-order valence-corrected chi connectivity index (χ1v) is 6.25. The van der Waals surface area contributed by atoms with E-state index in [0.717, 1.165) is 0 Å². The molecule has 0 saturated heterocycles. The van der Waals surface area contributed by atoms with Gasteiger partial charge in [-0.15, -0.1) is 0 Å². The number of nitrogens with two attached hydrogens (primary N) is 1. The number of carbonyl (C=O) groups excluding carboxylic acids is 1. The number of carbonyl (C=O) groups is 1. The van der Waals surface area contributed by atoms with Crippen LogP contribution in [0.3, 0.4) is 0 Å². The molecule has 0 aromatic heterocycles. The highest BCUT2D eigenvalue weighted by molar-refractivity contribution is 6.31. The van der Waals surface area contributed by atoms with Crippen LogP contribution in [-0.2, 0) is 6.42 Å². The quantitative estimate of drug-likeness (QED) is 0.683. The molecule has 0 spiro atoms. The van der Waals surface area contributed by atoms with Crippen LogP contribution >= 0.6 is 23.2 Å². The average molecular weight is 298 g/mol. The van der Waals surface area contributed by atoms with E-state index in [1.807, 2.05) is 0 Å². The molecule has 0 aliphatic heterocycles. The molecule has 2 aromatic rings. The van der Waals surface area contributed by atoms with E-state index in [1.54, 1.807) is 18.2 Å². The Morgan fingerprint density at radius 2 is 1.89 bits per heavy atom. The molecular formula is C14H10Cl2FNO. The van der Waals surface area contributed by atoms with Crippen molar-refractivity contribution in [3.8, 4) is 0 Å². The van der Waals surface area contributed by atoms with Crippen LogP contribution in [0.1, 0.15) is 15.9 Å². The lowest BCUT2D eigenvalue weighted by Gasteiger charge is -2.06. The molecule has 0 saturated carbocycles. The summed E-state index contributed by atoms with van der Waals surface area (Å²) in [4.78, 5) is 12.1. The van der Waals surface area contributed by atoms with Gasteiger partial charge in [0, 0.05) is 22.7 Å². The van der Waals surface area contributed by atoms with Crippen molar-refractivity contribution in [2.24, 2.45) is 0 Å². The number of benzene rings is 2. The number of hydrogen-bond acceptors (Lipinski definition) is 2. The van der Waals surface area contributed by atoms with Crippen LogP contribution in [0, 0.1) is 5.82 Å². The Kier molecular flexibility index (Phi) is 4.08. The number of hydrogen-bond donors (Lipinski definition) is 1. The monoisotopic (exact) mass is 297 g/mol. The van der Waals surface area contributed by atoms with Crippen molar-refractivity contribution >= 4 is 34.7 Å². The van der Waals surface area contributed by atoms with Crippen LogP contribution in [0.15, 0.2) is 36.4 Å². The van der Waals surface area contributed by atoms with Gasteiger partial charge in [0.05, 0.1) is 5.02 Å². The van der Waals surface area contributed by atoms with Gasteiger partial charge in [0.25, 0.3) is 0 Å². The topological polar surface area (TPSA) is 43.1 Å². The van der Waals surface area contributed by atoms with Gasteiger partial charge < -0.3 is 5.73 Å². The van der Waals surface area contributed by atoms with Crippen molar-refractivity contribution in [1.82, 2.24) is 0 Å². The Bertz CT molecular complexity index is 643. The molecule has 2 N–H and O–H groups in total. The predicted molar refractivity (Wildman–Crippen MR) is 75.3 cm³/mol. The van der Waals surface area contributed by atoms with Crippen LogP contribution in [0.4, 0.5) is 10.1 Å². The number of ketones is 1. The van der Waals surface area contributed by atoms with E-state index in [-0.39, 0.29) is 17.2 Å². The summed E-state index contributed by atoms with van der Waals surface area (Å²) >= 11 is 11.3. The maximum atomic E-state index is 13.3. The Morgan fingerprint density at radius 1 is 1.16 bits per heavy atom. The molecule has 5 heteroatoms. The molecule has 98 valence electrons. The summed E-state index contributed by atoms with van der Waals surface area (Å²) in [5, 5.41) is 0.494. The van der Waals surface area contributed by atoms with Crippen molar-refractivity contribution < 1.29 is 9.18 Å². The molecule has 0 unspecified atom stereocenters. The molecule has 2 aromatic carbocycles. The summed E-state index contributed by atoms with van der Waals surface area (Å²) in [5.41, 5.74) is 6.96. The minimum Gasteiger partial charge on any atom is -0.398 e. The normalized spacial score (nSPS) is 10.5.